The molecule has 0 radical (unpaired) electrons. The predicted molar refractivity (Wildman–Crippen MR) is 42.9 cm³/mol. The van der Waals surface area contributed by atoms with Crippen LogP contribution in [0.5, 0.6) is 0 Å². The Hall–Kier alpha value is -0.610. The van der Waals surface area contributed by atoms with E-state index in [0.717, 1.165) is 0 Å². The smallest absolute Gasteiger partial charge is 0.219 e. The first-order chi connectivity index (χ1) is 5.11. The van der Waals surface area contributed by atoms with Gasteiger partial charge in [-0.3, -0.25) is 4.79 Å². The van der Waals surface area contributed by atoms with E-state index < -0.39 is 0 Å². The number of rotatable bonds is 4. The van der Waals surface area contributed by atoms with Crippen molar-refractivity contribution in [2.24, 2.45) is 11.7 Å². The molecule has 0 aliphatic rings. The maximum atomic E-state index is 10.7. The molecule has 0 rings (SSSR count). The summed E-state index contributed by atoms with van der Waals surface area (Å²) in [7, 11) is 1.70. The second kappa shape index (κ2) is 5.09. The Kier molecular flexibility index (Phi) is 4.81. The van der Waals surface area contributed by atoms with Crippen molar-refractivity contribution in [1.29, 1.82) is 0 Å². The fourth-order valence-corrected chi connectivity index (χ4v) is 0.723. The van der Waals surface area contributed by atoms with E-state index >= 15 is 0 Å². The van der Waals surface area contributed by atoms with Gasteiger partial charge >= 0.3 is 0 Å². The molecule has 0 fully saturated rings. The van der Waals surface area contributed by atoms with Gasteiger partial charge in [0.25, 0.3) is 0 Å². The Morgan fingerprint density at radius 2 is 2.27 bits per heavy atom. The average molecular weight is 160 g/mol. The highest BCUT2D eigenvalue weighted by atomic mass is 16.3. The topological polar surface area (TPSA) is 66.6 Å². The van der Waals surface area contributed by atoms with Gasteiger partial charge in [0, 0.05) is 33.0 Å². The van der Waals surface area contributed by atoms with Crippen LogP contribution in [0.25, 0.3) is 0 Å². The van der Waals surface area contributed by atoms with E-state index in [0.29, 0.717) is 13.1 Å². The van der Waals surface area contributed by atoms with Crippen molar-refractivity contribution in [1.82, 2.24) is 4.90 Å². The van der Waals surface area contributed by atoms with Crippen LogP contribution in [-0.4, -0.2) is 42.7 Å². The highest BCUT2D eigenvalue weighted by Crippen LogP contribution is 1.95. The van der Waals surface area contributed by atoms with Crippen molar-refractivity contribution in [3.8, 4) is 0 Å². The predicted octanol–water partition coefficient (Wildman–Crippen LogP) is -0.968. The third-order valence-corrected chi connectivity index (χ3v) is 1.66. The fraction of sp³-hybridized carbons (Fsp3) is 0.857. The van der Waals surface area contributed by atoms with Gasteiger partial charge in [0.15, 0.2) is 0 Å². The van der Waals surface area contributed by atoms with E-state index in [4.69, 9.17) is 10.8 Å². The van der Waals surface area contributed by atoms with Crippen LogP contribution >= 0.6 is 0 Å². The molecule has 0 saturated heterocycles. The van der Waals surface area contributed by atoms with Crippen molar-refractivity contribution >= 4 is 5.91 Å². The number of aliphatic hydroxyl groups is 1. The second-order valence-electron chi connectivity index (χ2n) is 2.68. The van der Waals surface area contributed by atoms with E-state index in [1.165, 1.54) is 6.92 Å². The third kappa shape index (κ3) is 3.95. The molecule has 1 amide bonds. The molecule has 11 heavy (non-hydrogen) atoms. The first kappa shape index (κ1) is 10.4. The minimum atomic E-state index is -0.00287. The van der Waals surface area contributed by atoms with Crippen molar-refractivity contribution in [3.05, 3.63) is 0 Å². The second-order valence-corrected chi connectivity index (χ2v) is 2.68. The van der Waals surface area contributed by atoms with E-state index in [-0.39, 0.29) is 18.4 Å². The average Bonchev–Trinajstić information content (AvgIpc) is 1.99. The van der Waals surface area contributed by atoms with Crippen molar-refractivity contribution in [3.63, 3.8) is 0 Å². The number of hydrogen-bond acceptors (Lipinski definition) is 3. The molecule has 1 atom stereocenters. The van der Waals surface area contributed by atoms with Gasteiger partial charge in [0.05, 0.1) is 0 Å². The molecule has 0 aromatic carbocycles. The molecule has 1 unspecified atom stereocenters. The molecule has 0 aliphatic heterocycles. The Bertz CT molecular complexity index is 124. The number of nitrogens with zero attached hydrogens (tertiary/aromatic N) is 1. The third-order valence-electron chi connectivity index (χ3n) is 1.66. The Morgan fingerprint density at radius 1 is 1.73 bits per heavy atom. The van der Waals surface area contributed by atoms with Crippen LogP contribution in [0.15, 0.2) is 0 Å². The molecule has 66 valence electrons. The summed E-state index contributed by atoms with van der Waals surface area (Å²) in [6, 6.07) is 0. The van der Waals surface area contributed by atoms with Gasteiger partial charge in [0.2, 0.25) is 5.91 Å². The van der Waals surface area contributed by atoms with Gasteiger partial charge in [-0.15, -0.1) is 0 Å². The summed E-state index contributed by atoms with van der Waals surface area (Å²) in [6.45, 7) is 2.47. The number of aliphatic hydroxyl groups excluding tert-OH is 1. The normalized spacial score (nSPS) is 12.7. The zero-order valence-corrected chi connectivity index (χ0v) is 7.08. The summed E-state index contributed by atoms with van der Waals surface area (Å²) in [6.07, 6.45) is 0. The number of carbonyl (C=O) groups excluding carboxylic acids is 1. The van der Waals surface area contributed by atoms with Crippen LogP contribution in [0, 0.1) is 5.92 Å². The van der Waals surface area contributed by atoms with Gasteiger partial charge in [-0.25, -0.2) is 0 Å². The fourth-order valence-electron chi connectivity index (χ4n) is 0.723. The van der Waals surface area contributed by atoms with Crippen LogP contribution in [0.4, 0.5) is 0 Å². The minimum absolute atomic E-state index is 0.00287. The molecular weight excluding hydrogens is 144 g/mol. The van der Waals surface area contributed by atoms with Crippen molar-refractivity contribution < 1.29 is 9.90 Å². The number of amides is 1. The molecule has 0 saturated carbocycles. The number of hydrogen-bond donors (Lipinski definition) is 2. The van der Waals surface area contributed by atoms with E-state index in [9.17, 15) is 4.79 Å². The molecule has 3 N–H and O–H groups in total. The van der Waals surface area contributed by atoms with Crippen LogP contribution < -0.4 is 5.73 Å². The van der Waals surface area contributed by atoms with Gasteiger partial charge in [-0.2, -0.15) is 0 Å². The van der Waals surface area contributed by atoms with Gasteiger partial charge in [0.1, 0.15) is 0 Å². The lowest BCUT2D eigenvalue weighted by atomic mass is 10.1. The summed E-state index contributed by atoms with van der Waals surface area (Å²) in [4.78, 5) is 12.3. The molecular formula is C7H16N2O2. The molecule has 0 spiro atoms. The number of nitrogens with two attached hydrogens (primary N) is 1. The SMILES string of the molecule is CC(=O)N(C)CC(CN)CO. The van der Waals surface area contributed by atoms with Gasteiger partial charge in [-0.1, -0.05) is 0 Å². The van der Waals surface area contributed by atoms with Crippen LogP contribution in [-0.2, 0) is 4.79 Å². The molecule has 0 heterocycles. The Labute approximate surface area is 67.0 Å². The van der Waals surface area contributed by atoms with Crippen molar-refractivity contribution in [2.45, 2.75) is 6.92 Å². The molecule has 4 nitrogen and oxygen atoms in total. The van der Waals surface area contributed by atoms with Crippen molar-refractivity contribution in [2.75, 3.05) is 26.7 Å². The molecule has 0 aromatic rings. The first-order valence-corrected chi connectivity index (χ1v) is 3.64. The van der Waals surface area contributed by atoms with E-state index in [1.807, 2.05) is 0 Å². The Morgan fingerprint density at radius 3 is 2.55 bits per heavy atom. The maximum absolute atomic E-state index is 10.7. The summed E-state index contributed by atoms with van der Waals surface area (Å²) < 4.78 is 0. The first-order valence-electron chi connectivity index (χ1n) is 3.64. The molecule has 0 aliphatic carbocycles. The van der Waals surface area contributed by atoms with Gasteiger partial charge in [-0.05, 0) is 6.54 Å². The minimum Gasteiger partial charge on any atom is -0.396 e. The molecule has 4 heteroatoms. The summed E-state index contributed by atoms with van der Waals surface area (Å²) in [5.74, 6) is 0.000741. The maximum Gasteiger partial charge on any atom is 0.219 e. The van der Waals surface area contributed by atoms with Crippen LogP contribution in [0.3, 0.4) is 0 Å². The standard InChI is InChI=1S/C7H16N2O2/c1-6(11)9(2)4-7(3-8)5-10/h7,10H,3-5,8H2,1-2H3. The Balaban J connectivity index is 3.71. The van der Waals surface area contributed by atoms with Crippen LogP contribution in [0.2, 0.25) is 0 Å². The monoisotopic (exact) mass is 160 g/mol. The lowest BCUT2D eigenvalue weighted by Gasteiger charge is -2.19. The largest absolute Gasteiger partial charge is 0.396 e. The lowest BCUT2D eigenvalue weighted by molar-refractivity contribution is -0.128. The molecule has 0 bridgehead atoms. The van der Waals surface area contributed by atoms with E-state index in [1.54, 1.807) is 11.9 Å². The summed E-state index contributed by atoms with van der Waals surface area (Å²) in [5.41, 5.74) is 5.33. The highest BCUT2D eigenvalue weighted by Gasteiger charge is 2.09. The lowest BCUT2D eigenvalue weighted by Crippen LogP contribution is -2.34. The number of carbonyl (C=O) groups is 1. The quantitative estimate of drug-likeness (QED) is 0.556. The van der Waals surface area contributed by atoms with Crippen LogP contribution in [0.1, 0.15) is 6.92 Å². The highest BCUT2D eigenvalue weighted by molar-refractivity contribution is 5.72. The zero-order chi connectivity index (χ0) is 8.85. The molecule has 0 aromatic heterocycles. The van der Waals surface area contributed by atoms with Gasteiger partial charge < -0.3 is 15.7 Å². The zero-order valence-electron chi connectivity index (χ0n) is 7.08. The summed E-state index contributed by atoms with van der Waals surface area (Å²) in [5, 5.41) is 8.74. The van der Waals surface area contributed by atoms with E-state index in [2.05, 4.69) is 0 Å². The summed E-state index contributed by atoms with van der Waals surface area (Å²) >= 11 is 0.